The highest BCUT2D eigenvalue weighted by Crippen LogP contribution is 2.30. The molecule has 0 aliphatic heterocycles. The molecule has 0 aliphatic rings. The van der Waals surface area contributed by atoms with Crippen molar-refractivity contribution in [2.24, 2.45) is 0 Å². The number of rotatable bonds is 4. The second-order valence-electron chi connectivity index (χ2n) is 5.77. The van der Waals surface area contributed by atoms with Crippen molar-refractivity contribution >= 4 is 5.97 Å². The van der Waals surface area contributed by atoms with Gasteiger partial charge in [-0.2, -0.15) is 5.26 Å². The second-order valence-corrected chi connectivity index (χ2v) is 5.77. The lowest BCUT2D eigenvalue weighted by atomic mass is 10.1. The van der Waals surface area contributed by atoms with Gasteiger partial charge in [-0.15, -0.1) is 0 Å². The molecule has 3 aromatic rings. The van der Waals surface area contributed by atoms with Crippen molar-refractivity contribution in [2.75, 3.05) is 6.61 Å². The molecule has 0 spiro atoms. The lowest BCUT2D eigenvalue weighted by Crippen LogP contribution is -2.14. The Morgan fingerprint density at radius 1 is 1.16 bits per heavy atom. The van der Waals surface area contributed by atoms with Crippen LogP contribution in [-0.2, 0) is 4.74 Å². The summed E-state index contributed by atoms with van der Waals surface area (Å²) in [5.74, 6) is 0.201. The Morgan fingerprint density at radius 2 is 1.80 bits per heavy atom. The lowest BCUT2D eigenvalue weighted by Gasteiger charge is -2.14. The minimum absolute atomic E-state index is 0.276. The predicted octanol–water partition coefficient (Wildman–Crippen LogP) is 3.93. The van der Waals surface area contributed by atoms with Crippen molar-refractivity contribution < 1.29 is 9.53 Å². The third-order valence-corrected chi connectivity index (χ3v) is 4.11. The van der Waals surface area contributed by atoms with Crippen LogP contribution in [0, 0.1) is 25.2 Å². The van der Waals surface area contributed by atoms with E-state index in [2.05, 4.69) is 6.07 Å². The summed E-state index contributed by atoms with van der Waals surface area (Å²) < 4.78 is 8.88. The molecule has 0 bridgehead atoms. The summed E-state index contributed by atoms with van der Waals surface area (Å²) in [6.07, 6.45) is 3.71. The standard InChI is InChI=1S/C20H19N3O2/c1-4-25-20(24)18-15(3)17(13-21)19(22-11-5-6-12-22)23(18)16-9-7-14(2)8-10-16/h5-12H,4H2,1-3H3. The average Bonchev–Trinajstić information content (AvgIpc) is 3.21. The van der Waals surface area contributed by atoms with E-state index in [-0.39, 0.29) is 6.61 Å². The number of carbonyl (C=O) groups excluding carboxylic acids is 1. The van der Waals surface area contributed by atoms with Crippen molar-refractivity contribution in [3.63, 3.8) is 0 Å². The number of hydrogen-bond acceptors (Lipinski definition) is 3. The van der Waals surface area contributed by atoms with Crippen LogP contribution in [-0.4, -0.2) is 21.7 Å². The molecule has 5 heteroatoms. The van der Waals surface area contributed by atoms with E-state index in [4.69, 9.17) is 4.74 Å². The maximum absolute atomic E-state index is 12.6. The van der Waals surface area contributed by atoms with Crippen LogP contribution in [0.5, 0.6) is 0 Å². The van der Waals surface area contributed by atoms with Crippen LogP contribution in [0.4, 0.5) is 0 Å². The number of hydrogen-bond donors (Lipinski definition) is 0. The first-order valence-electron chi connectivity index (χ1n) is 8.11. The molecule has 2 aromatic heterocycles. The topological polar surface area (TPSA) is 60.0 Å². The van der Waals surface area contributed by atoms with Gasteiger partial charge in [-0.3, -0.25) is 4.57 Å². The predicted molar refractivity (Wildman–Crippen MR) is 95.2 cm³/mol. The average molecular weight is 333 g/mol. The molecule has 3 rings (SSSR count). The number of benzene rings is 1. The van der Waals surface area contributed by atoms with Crippen molar-refractivity contribution in [1.82, 2.24) is 9.13 Å². The summed E-state index contributed by atoms with van der Waals surface area (Å²) in [4.78, 5) is 12.6. The molecule has 1 aromatic carbocycles. The summed E-state index contributed by atoms with van der Waals surface area (Å²) in [6.45, 7) is 5.83. The van der Waals surface area contributed by atoms with Crippen molar-refractivity contribution in [2.45, 2.75) is 20.8 Å². The number of nitriles is 1. The van der Waals surface area contributed by atoms with Crippen LogP contribution in [0.1, 0.15) is 34.1 Å². The Balaban J connectivity index is 2.37. The van der Waals surface area contributed by atoms with Crippen LogP contribution >= 0.6 is 0 Å². The molecule has 0 unspecified atom stereocenters. The Morgan fingerprint density at radius 3 is 2.36 bits per heavy atom. The third kappa shape index (κ3) is 2.83. The molecule has 5 nitrogen and oxygen atoms in total. The van der Waals surface area contributed by atoms with Gasteiger partial charge in [0.1, 0.15) is 17.6 Å². The van der Waals surface area contributed by atoms with Crippen molar-refractivity contribution in [1.29, 1.82) is 5.26 Å². The number of carbonyl (C=O) groups is 1. The SMILES string of the molecule is CCOC(=O)c1c(C)c(C#N)c(-n2cccc2)n1-c1ccc(C)cc1. The fraction of sp³-hybridized carbons (Fsp3) is 0.200. The molecular formula is C20H19N3O2. The van der Waals surface area contributed by atoms with E-state index in [9.17, 15) is 10.1 Å². The van der Waals surface area contributed by atoms with Crippen LogP contribution in [0.2, 0.25) is 0 Å². The van der Waals surface area contributed by atoms with Gasteiger partial charge < -0.3 is 9.30 Å². The minimum Gasteiger partial charge on any atom is -0.461 e. The first-order valence-corrected chi connectivity index (χ1v) is 8.11. The Labute approximate surface area is 146 Å². The van der Waals surface area contributed by atoms with E-state index in [1.807, 2.05) is 60.3 Å². The molecule has 25 heavy (non-hydrogen) atoms. The number of ether oxygens (including phenoxy) is 1. The van der Waals surface area contributed by atoms with Gasteiger partial charge in [0.25, 0.3) is 0 Å². The smallest absolute Gasteiger partial charge is 0.355 e. The molecule has 0 fully saturated rings. The minimum atomic E-state index is -0.435. The summed E-state index contributed by atoms with van der Waals surface area (Å²) in [5.41, 5.74) is 3.38. The fourth-order valence-electron chi connectivity index (χ4n) is 2.91. The van der Waals surface area contributed by atoms with E-state index >= 15 is 0 Å². The highest BCUT2D eigenvalue weighted by Gasteiger charge is 2.27. The highest BCUT2D eigenvalue weighted by atomic mass is 16.5. The Bertz CT molecular complexity index is 942. The second kappa shape index (κ2) is 6.70. The van der Waals surface area contributed by atoms with Crippen LogP contribution < -0.4 is 0 Å². The molecule has 2 heterocycles. The van der Waals surface area contributed by atoms with E-state index in [0.717, 1.165) is 11.3 Å². The van der Waals surface area contributed by atoms with Crippen LogP contribution in [0.15, 0.2) is 48.8 Å². The maximum atomic E-state index is 12.6. The maximum Gasteiger partial charge on any atom is 0.355 e. The first kappa shape index (κ1) is 16.6. The van der Waals surface area contributed by atoms with Gasteiger partial charge in [0.2, 0.25) is 0 Å². The van der Waals surface area contributed by atoms with E-state index in [1.165, 1.54) is 0 Å². The van der Waals surface area contributed by atoms with Crippen molar-refractivity contribution in [3.05, 3.63) is 71.2 Å². The van der Waals surface area contributed by atoms with E-state index in [1.54, 1.807) is 18.4 Å². The van der Waals surface area contributed by atoms with E-state index < -0.39 is 5.97 Å². The molecule has 0 amide bonds. The van der Waals surface area contributed by atoms with Gasteiger partial charge in [-0.05, 0) is 45.0 Å². The molecule has 0 saturated carbocycles. The number of aromatic nitrogens is 2. The van der Waals surface area contributed by atoms with Gasteiger partial charge in [0.15, 0.2) is 0 Å². The lowest BCUT2D eigenvalue weighted by molar-refractivity contribution is 0.0516. The summed E-state index contributed by atoms with van der Waals surface area (Å²) >= 11 is 0. The normalized spacial score (nSPS) is 10.5. The Hall–Kier alpha value is -3.26. The zero-order valence-corrected chi connectivity index (χ0v) is 14.5. The third-order valence-electron chi connectivity index (χ3n) is 4.11. The highest BCUT2D eigenvalue weighted by molar-refractivity contribution is 5.92. The summed E-state index contributed by atoms with van der Waals surface area (Å²) in [7, 11) is 0. The van der Waals surface area contributed by atoms with Crippen LogP contribution in [0.25, 0.3) is 11.5 Å². The van der Waals surface area contributed by atoms with Crippen molar-refractivity contribution in [3.8, 4) is 17.6 Å². The summed E-state index contributed by atoms with van der Waals surface area (Å²) in [6, 6.07) is 13.8. The van der Waals surface area contributed by atoms with Gasteiger partial charge in [-0.1, -0.05) is 17.7 Å². The molecule has 0 radical (unpaired) electrons. The zero-order chi connectivity index (χ0) is 18.0. The Kier molecular flexibility index (Phi) is 4.44. The quantitative estimate of drug-likeness (QED) is 0.680. The molecule has 0 saturated heterocycles. The fourth-order valence-corrected chi connectivity index (χ4v) is 2.91. The molecule has 0 aliphatic carbocycles. The van der Waals surface area contributed by atoms with Gasteiger partial charge in [0, 0.05) is 23.6 Å². The zero-order valence-electron chi connectivity index (χ0n) is 14.5. The molecule has 0 atom stereocenters. The molecular weight excluding hydrogens is 314 g/mol. The number of nitrogens with zero attached hydrogens (tertiary/aromatic N) is 3. The number of aryl methyl sites for hydroxylation is 1. The molecule has 0 N–H and O–H groups in total. The first-order chi connectivity index (χ1) is 12.1. The largest absolute Gasteiger partial charge is 0.461 e. The summed E-state index contributed by atoms with van der Waals surface area (Å²) in [5, 5.41) is 9.71. The molecule has 126 valence electrons. The number of esters is 1. The monoisotopic (exact) mass is 333 g/mol. The van der Waals surface area contributed by atoms with E-state index in [0.29, 0.717) is 22.6 Å². The van der Waals surface area contributed by atoms with Gasteiger partial charge in [-0.25, -0.2) is 4.79 Å². The van der Waals surface area contributed by atoms with Gasteiger partial charge in [0.05, 0.1) is 12.2 Å². The van der Waals surface area contributed by atoms with Crippen LogP contribution in [0.3, 0.4) is 0 Å². The van der Waals surface area contributed by atoms with Gasteiger partial charge >= 0.3 is 5.97 Å².